The number of aryl methyl sites for hydroxylation is 2. The highest BCUT2D eigenvalue weighted by Crippen LogP contribution is 2.63. The molecule has 2 amide bonds. The number of nitrogens with one attached hydrogen (secondary N) is 2. The van der Waals surface area contributed by atoms with Gasteiger partial charge in [0.15, 0.2) is 0 Å². The Morgan fingerprint density at radius 2 is 1.65 bits per heavy atom. The molecule has 0 saturated heterocycles. The van der Waals surface area contributed by atoms with Gasteiger partial charge in [0.1, 0.15) is 5.75 Å². The van der Waals surface area contributed by atoms with Crippen LogP contribution in [0.1, 0.15) is 88.8 Å². The molecule has 3 unspecified atom stereocenters. The summed E-state index contributed by atoms with van der Waals surface area (Å²) < 4.78 is 63.9. The van der Waals surface area contributed by atoms with Crippen molar-refractivity contribution in [1.29, 1.82) is 0 Å². The van der Waals surface area contributed by atoms with Gasteiger partial charge in [0.05, 0.1) is 6.10 Å². The van der Waals surface area contributed by atoms with Crippen molar-refractivity contribution in [3.8, 4) is 5.75 Å². The Kier molecular flexibility index (Phi) is 7.66. The van der Waals surface area contributed by atoms with E-state index in [1.807, 2.05) is 22.4 Å². The standard InChI is InChI=1S/C25H36N2O8S2/c1-5-17-13-21-18(14-23(17)34-36(30,31)26-15(3)28)7-8-20-19(21)11-12-25(6-2)22(20)9-10-24(25)35-37(32,33)27-16(4)29/h13-14,19-20,22,24H,5-12H2,1-4H3,(H,26,28)(H,27,29)/t19?,20?,22?,24-,25-/m0/s1. The number of carbonyl (C=O) groups excluding carboxylic acids is 2. The predicted molar refractivity (Wildman–Crippen MR) is 136 cm³/mol. The average molecular weight is 557 g/mol. The molecule has 0 aliphatic heterocycles. The molecule has 0 bridgehead atoms. The molecule has 0 radical (unpaired) electrons. The van der Waals surface area contributed by atoms with Gasteiger partial charge in [0.25, 0.3) is 0 Å². The molecular formula is C25H36N2O8S2. The summed E-state index contributed by atoms with van der Waals surface area (Å²) in [4.78, 5) is 22.6. The zero-order valence-electron chi connectivity index (χ0n) is 21.7. The second-order valence-electron chi connectivity index (χ2n) is 10.5. The third-order valence-electron chi connectivity index (χ3n) is 8.56. The molecule has 2 N–H and O–H groups in total. The summed E-state index contributed by atoms with van der Waals surface area (Å²) in [6.45, 7) is 6.28. The van der Waals surface area contributed by atoms with Crippen LogP contribution in [0.3, 0.4) is 0 Å². The smallest absolute Gasteiger partial charge is 0.366 e. The first kappa shape index (κ1) is 27.8. The average Bonchev–Trinajstić information content (AvgIpc) is 3.14. The van der Waals surface area contributed by atoms with Gasteiger partial charge in [0, 0.05) is 19.3 Å². The van der Waals surface area contributed by atoms with Gasteiger partial charge in [-0.15, -0.1) is 0 Å². The van der Waals surface area contributed by atoms with Crippen molar-refractivity contribution < 1.29 is 34.8 Å². The molecule has 3 aliphatic carbocycles. The molecule has 2 fully saturated rings. The largest absolute Gasteiger partial charge is 0.409 e. The molecule has 0 heterocycles. The molecule has 2 saturated carbocycles. The number of hydrogen-bond acceptors (Lipinski definition) is 8. The van der Waals surface area contributed by atoms with Crippen LogP contribution in [0.4, 0.5) is 0 Å². The zero-order chi connectivity index (χ0) is 27.2. The summed E-state index contributed by atoms with van der Waals surface area (Å²) in [5.74, 6) is -0.215. The lowest BCUT2D eigenvalue weighted by molar-refractivity contribution is -0.118. The van der Waals surface area contributed by atoms with Crippen molar-refractivity contribution in [1.82, 2.24) is 9.44 Å². The minimum atomic E-state index is -4.26. The fourth-order valence-corrected chi connectivity index (χ4v) is 9.02. The van der Waals surface area contributed by atoms with E-state index in [4.69, 9.17) is 8.37 Å². The van der Waals surface area contributed by atoms with Crippen LogP contribution >= 0.6 is 0 Å². The van der Waals surface area contributed by atoms with Gasteiger partial charge in [-0.05, 0) is 91.9 Å². The second-order valence-corrected chi connectivity index (χ2v) is 13.1. The number of hydrogen-bond donors (Lipinski definition) is 2. The fourth-order valence-electron chi connectivity index (χ4n) is 7.24. The van der Waals surface area contributed by atoms with Gasteiger partial charge in [-0.3, -0.25) is 9.59 Å². The number of rotatable bonds is 8. The van der Waals surface area contributed by atoms with Crippen molar-refractivity contribution >= 4 is 32.4 Å². The summed E-state index contributed by atoms with van der Waals surface area (Å²) in [7, 11) is -8.42. The van der Waals surface area contributed by atoms with E-state index < -0.39 is 38.5 Å². The molecule has 3 aliphatic rings. The summed E-state index contributed by atoms with van der Waals surface area (Å²) >= 11 is 0. The van der Waals surface area contributed by atoms with Crippen LogP contribution in [-0.4, -0.2) is 34.8 Å². The Morgan fingerprint density at radius 3 is 2.27 bits per heavy atom. The first-order chi connectivity index (χ1) is 17.3. The lowest BCUT2D eigenvalue weighted by Gasteiger charge is -2.52. The minimum absolute atomic E-state index is 0.240. The SMILES string of the molecule is CCc1cc2c(cc1OS(=O)(=O)NC(C)=O)CCC1C2CC[C@@]2(CC)C1CC[C@@H]2OS(=O)(=O)NC(C)=O. The fraction of sp³-hybridized carbons (Fsp3) is 0.680. The molecule has 4 rings (SSSR count). The van der Waals surface area contributed by atoms with E-state index in [1.165, 1.54) is 5.56 Å². The number of benzene rings is 1. The van der Waals surface area contributed by atoms with Crippen LogP contribution in [0, 0.1) is 17.3 Å². The molecule has 1 aromatic carbocycles. The van der Waals surface area contributed by atoms with Crippen molar-refractivity contribution in [2.45, 2.75) is 91.1 Å². The lowest BCUT2D eigenvalue weighted by Crippen LogP contribution is -2.47. The van der Waals surface area contributed by atoms with Gasteiger partial charge < -0.3 is 4.18 Å². The zero-order valence-corrected chi connectivity index (χ0v) is 23.3. The quantitative estimate of drug-likeness (QED) is 0.497. The number of amides is 2. The first-order valence-corrected chi connectivity index (χ1v) is 15.7. The van der Waals surface area contributed by atoms with Gasteiger partial charge in [-0.25, -0.2) is 13.6 Å². The Bertz CT molecular complexity index is 1290. The van der Waals surface area contributed by atoms with Crippen molar-refractivity contribution in [2.24, 2.45) is 17.3 Å². The van der Waals surface area contributed by atoms with Gasteiger partial charge in [0.2, 0.25) is 11.8 Å². The van der Waals surface area contributed by atoms with E-state index in [0.29, 0.717) is 24.7 Å². The predicted octanol–water partition coefficient (Wildman–Crippen LogP) is 3.02. The Labute approximate surface area is 219 Å². The summed E-state index contributed by atoms with van der Waals surface area (Å²) in [5, 5.41) is 0. The highest BCUT2D eigenvalue weighted by molar-refractivity contribution is 7.85. The second kappa shape index (κ2) is 10.2. The third kappa shape index (κ3) is 5.51. The molecule has 10 nitrogen and oxygen atoms in total. The van der Waals surface area contributed by atoms with Gasteiger partial charge in [-0.1, -0.05) is 19.9 Å². The molecule has 5 atom stereocenters. The van der Waals surface area contributed by atoms with Crippen LogP contribution in [0.5, 0.6) is 5.75 Å². The number of fused-ring (bicyclic) bond motifs is 5. The van der Waals surface area contributed by atoms with Crippen LogP contribution in [0.15, 0.2) is 12.1 Å². The van der Waals surface area contributed by atoms with Gasteiger partial charge in [-0.2, -0.15) is 16.8 Å². The maximum absolute atomic E-state index is 12.4. The maximum Gasteiger partial charge on any atom is 0.409 e. The Hall–Kier alpha value is -2.18. The first-order valence-electron chi connectivity index (χ1n) is 12.9. The molecule has 206 valence electrons. The van der Waals surface area contributed by atoms with Crippen LogP contribution in [-0.2, 0) is 47.2 Å². The highest BCUT2D eigenvalue weighted by Gasteiger charge is 2.58. The summed E-state index contributed by atoms with van der Waals surface area (Å²) in [6.07, 6.45) is 5.71. The normalized spacial score (nSPS) is 29.0. The van der Waals surface area contributed by atoms with Crippen LogP contribution < -0.4 is 13.6 Å². The topological polar surface area (TPSA) is 145 Å². The summed E-state index contributed by atoms with van der Waals surface area (Å²) in [5.41, 5.74) is 2.74. The molecule has 0 aromatic heterocycles. The van der Waals surface area contributed by atoms with Crippen LogP contribution in [0.2, 0.25) is 0 Å². The number of carbonyl (C=O) groups is 2. The molecule has 1 aromatic rings. The van der Waals surface area contributed by atoms with Gasteiger partial charge >= 0.3 is 20.6 Å². The van der Waals surface area contributed by atoms with E-state index in [2.05, 4.69) is 6.92 Å². The van der Waals surface area contributed by atoms with Crippen LogP contribution in [0.25, 0.3) is 0 Å². The van der Waals surface area contributed by atoms with E-state index in [-0.39, 0.29) is 17.1 Å². The van der Waals surface area contributed by atoms with E-state index >= 15 is 0 Å². The van der Waals surface area contributed by atoms with E-state index in [0.717, 1.165) is 63.5 Å². The molecule has 12 heteroatoms. The molecule has 37 heavy (non-hydrogen) atoms. The van der Waals surface area contributed by atoms with E-state index in [9.17, 15) is 26.4 Å². The Balaban J connectivity index is 1.61. The monoisotopic (exact) mass is 556 g/mol. The third-order valence-corrected chi connectivity index (χ3v) is 10.5. The molecule has 0 spiro atoms. The molecular weight excluding hydrogens is 520 g/mol. The minimum Gasteiger partial charge on any atom is -0.366 e. The lowest BCUT2D eigenvalue weighted by atomic mass is 9.54. The highest BCUT2D eigenvalue weighted by atomic mass is 32.2. The maximum atomic E-state index is 12.4. The Morgan fingerprint density at radius 1 is 0.973 bits per heavy atom. The van der Waals surface area contributed by atoms with Crippen molar-refractivity contribution in [2.75, 3.05) is 0 Å². The van der Waals surface area contributed by atoms with E-state index in [1.54, 1.807) is 6.07 Å². The van der Waals surface area contributed by atoms with Crippen molar-refractivity contribution in [3.05, 3.63) is 28.8 Å². The van der Waals surface area contributed by atoms with Crippen molar-refractivity contribution in [3.63, 3.8) is 0 Å². The summed E-state index contributed by atoms with van der Waals surface area (Å²) in [6, 6.07) is 3.85.